The summed E-state index contributed by atoms with van der Waals surface area (Å²) in [5.74, 6) is 2.26. The molecule has 9 nitrogen and oxygen atoms in total. The van der Waals surface area contributed by atoms with E-state index in [0.717, 1.165) is 64.8 Å². The van der Waals surface area contributed by atoms with Crippen molar-refractivity contribution in [3.8, 4) is 11.4 Å². The molecule has 35 heavy (non-hydrogen) atoms. The Hall–Kier alpha value is -3.85. The molecule has 3 heterocycles. The lowest BCUT2D eigenvalue weighted by Crippen LogP contribution is -2.33. The van der Waals surface area contributed by atoms with E-state index >= 15 is 0 Å². The Labute approximate surface area is 204 Å². The Bertz CT molecular complexity index is 1450. The average Bonchev–Trinajstić information content (AvgIpc) is 3.44. The number of hydrogen-bond acceptors (Lipinski definition) is 7. The molecule has 1 aliphatic carbocycles. The maximum absolute atomic E-state index is 6.14. The highest BCUT2D eigenvalue weighted by molar-refractivity contribution is 6.11. The first kappa shape index (κ1) is 22.9. The summed E-state index contributed by atoms with van der Waals surface area (Å²) >= 11 is 0. The molecule has 0 saturated heterocycles. The lowest BCUT2D eigenvalue weighted by atomic mass is 9.92. The number of benzene rings is 2. The molecule has 0 bridgehead atoms. The van der Waals surface area contributed by atoms with Gasteiger partial charge in [0, 0.05) is 35.0 Å². The predicted octanol–water partition coefficient (Wildman–Crippen LogP) is 4.21. The Morgan fingerprint density at radius 2 is 1.86 bits per heavy atom. The SMILES string of the molecule is C.Cn1nnc(-c2ccc3c(c2)[nH]c2nc(Cc4ccccc4)nc(NC4CCC(N)CC4)c23)n1. The van der Waals surface area contributed by atoms with Crippen LogP contribution in [-0.2, 0) is 13.5 Å². The molecule has 0 aliphatic heterocycles. The number of nitrogens with one attached hydrogen (secondary N) is 2. The third-order valence-corrected chi connectivity index (χ3v) is 6.58. The van der Waals surface area contributed by atoms with Crippen molar-refractivity contribution < 1.29 is 0 Å². The molecule has 4 N–H and O–H groups in total. The molecule has 1 fully saturated rings. The molecular formula is C26H31N9. The smallest absolute Gasteiger partial charge is 0.204 e. The van der Waals surface area contributed by atoms with Crippen LogP contribution in [0.3, 0.4) is 0 Å². The van der Waals surface area contributed by atoms with Crippen LogP contribution in [0.15, 0.2) is 48.5 Å². The third-order valence-electron chi connectivity index (χ3n) is 6.58. The van der Waals surface area contributed by atoms with Gasteiger partial charge >= 0.3 is 0 Å². The highest BCUT2D eigenvalue weighted by atomic mass is 15.6. The number of nitrogens with two attached hydrogens (primary N) is 1. The second-order valence-corrected chi connectivity index (χ2v) is 9.12. The largest absolute Gasteiger partial charge is 0.367 e. The summed E-state index contributed by atoms with van der Waals surface area (Å²) in [6, 6.07) is 17.1. The summed E-state index contributed by atoms with van der Waals surface area (Å²) in [7, 11) is 1.76. The maximum atomic E-state index is 6.14. The van der Waals surface area contributed by atoms with Crippen LogP contribution in [0.2, 0.25) is 0 Å². The zero-order valence-corrected chi connectivity index (χ0v) is 19.1. The van der Waals surface area contributed by atoms with Gasteiger partial charge in [-0.3, -0.25) is 0 Å². The zero-order chi connectivity index (χ0) is 23.1. The first-order chi connectivity index (χ1) is 16.6. The second-order valence-electron chi connectivity index (χ2n) is 9.12. The summed E-state index contributed by atoms with van der Waals surface area (Å²) in [6.07, 6.45) is 4.83. The van der Waals surface area contributed by atoms with Gasteiger partial charge in [0.15, 0.2) is 0 Å². The minimum Gasteiger partial charge on any atom is -0.367 e. The Morgan fingerprint density at radius 1 is 1.06 bits per heavy atom. The van der Waals surface area contributed by atoms with Gasteiger partial charge in [0.25, 0.3) is 0 Å². The number of hydrogen-bond donors (Lipinski definition) is 3. The van der Waals surface area contributed by atoms with Crippen molar-refractivity contribution in [3.05, 3.63) is 59.9 Å². The van der Waals surface area contributed by atoms with Gasteiger partial charge in [0.05, 0.1) is 12.4 Å². The van der Waals surface area contributed by atoms with E-state index in [1.54, 1.807) is 7.05 Å². The van der Waals surface area contributed by atoms with Crippen molar-refractivity contribution in [2.24, 2.45) is 12.8 Å². The molecule has 0 atom stereocenters. The fraction of sp³-hybridized carbons (Fsp3) is 0.346. The van der Waals surface area contributed by atoms with Crippen LogP contribution in [0.4, 0.5) is 5.82 Å². The fourth-order valence-electron chi connectivity index (χ4n) is 4.80. The minimum absolute atomic E-state index is 0. The summed E-state index contributed by atoms with van der Waals surface area (Å²) in [6.45, 7) is 0. The van der Waals surface area contributed by atoms with Crippen LogP contribution >= 0.6 is 0 Å². The van der Waals surface area contributed by atoms with Crippen molar-refractivity contribution in [2.45, 2.75) is 51.6 Å². The fourth-order valence-corrected chi connectivity index (χ4v) is 4.80. The van der Waals surface area contributed by atoms with E-state index < -0.39 is 0 Å². The standard InChI is InChI=1S/C25H27N9.CH4/c1-34-32-23(31-33-34)16-7-12-19-20(14-16)28-25-22(19)24(27-18-10-8-17(26)9-11-18)29-21(30-25)13-15-5-3-2-4-6-15;/h2-7,12,14,17-18H,8-11,13,26H2,1H3,(H2,27,28,29,30);1H4. The first-order valence-electron chi connectivity index (χ1n) is 11.7. The monoisotopic (exact) mass is 469 g/mol. The van der Waals surface area contributed by atoms with E-state index in [4.69, 9.17) is 15.7 Å². The summed E-state index contributed by atoms with van der Waals surface area (Å²) in [4.78, 5) is 14.9. The maximum Gasteiger partial charge on any atom is 0.204 e. The van der Waals surface area contributed by atoms with E-state index in [2.05, 4.69) is 43.9 Å². The molecule has 0 radical (unpaired) electrons. The van der Waals surface area contributed by atoms with Gasteiger partial charge in [0.2, 0.25) is 5.82 Å². The molecular weight excluding hydrogens is 438 g/mol. The van der Waals surface area contributed by atoms with Crippen LogP contribution in [-0.4, -0.2) is 47.2 Å². The second kappa shape index (κ2) is 9.42. The molecule has 5 aromatic rings. The summed E-state index contributed by atoms with van der Waals surface area (Å²) in [5, 5.41) is 18.3. The van der Waals surface area contributed by atoms with Gasteiger partial charge in [0.1, 0.15) is 17.3 Å². The Kier molecular flexibility index (Phi) is 6.17. The summed E-state index contributed by atoms with van der Waals surface area (Å²) < 4.78 is 0. The molecule has 1 saturated carbocycles. The van der Waals surface area contributed by atoms with Gasteiger partial charge < -0.3 is 16.0 Å². The third kappa shape index (κ3) is 4.59. The van der Waals surface area contributed by atoms with Crippen LogP contribution in [0.25, 0.3) is 33.3 Å². The van der Waals surface area contributed by atoms with E-state index in [9.17, 15) is 0 Å². The van der Waals surface area contributed by atoms with Gasteiger partial charge in [-0.15, -0.1) is 10.2 Å². The number of aromatic nitrogens is 7. The van der Waals surface area contributed by atoms with Crippen LogP contribution in [0, 0.1) is 0 Å². The number of fused-ring (bicyclic) bond motifs is 3. The molecule has 9 heteroatoms. The van der Waals surface area contributed by atoms with E-state index in [0.29, 0.717) is 24.3 Å². The highest BCUT2D eigenvalue weighted by Gasteiger charge is 2.22. The molecule has 6 rings (SSSR count). The quantitative estimate of drug-likeness (QED) is 0.352. The van der Waals surface area contributed by atoms with Crippen LogP contribution in [0.1, 0.15) is 44.5 Å². The minimum atomic E-state index is 0. The van der Waals surface area contributed by atoms with Crippen molar-refractivity contribution in [3.63, 3.8) is 0 Å². The number of nitrogens with zero attached hydrogens (tertiary/aromatic N) is 6. The van der Waals surface area contributed by atoms with Crippen molar-refractivity contribution in [1.29, 1.82) is 0 Å². The normalized spacial score (nSPS) is 18.0. The number of H-pyrrole nitrogens is 1. The van der Waals surface area contributed by atoms with Gasteiger partial charge in [-0.2, -0.15) is 4.80 Å². The molecule has 3 aromatic heterocycles. The van der Waals surface area contributed by atoms with Crippen molar-refractivity contribution in [2.75, 3.05) is 5.32 Å². The topological polar surface area (TPSA) is 123 Å². The number of tetrazole rings is 1. The van der Waals surface area contributed by atoms with E-state index in [-0.39, 0.29) is 7.43 Å². The van der Waals surface area contributed by atoms with Crippen molar-refractivity contribution >= 4 is 27.8 Å². The zero-order valence-electron chi connectivity index (χ0n) is 19.1. The Balaban J connectivity index is 0.00000253. The number of rotatable bonds is 5. The Morgan fingerprint density at radius 3 is 2.60 bits per heavy atom. The van der Waals surface area contributed by atoms with E-state index in [1.165, 1.54) is 10.4 Å². The first-order valence-corrected chi connectivity index (χ1v) is 11.7. The molecule has 1 aliphatic rings. The predicted molar refractivity (Wildman–Crippen MR) is 139 cm³/mol. The van der Waals surface area contributed by atoms with Crippen LogP contribution < -0.4 is 11.1 Å². The lowest BCUT2D eigenvalue weighted by molar-refractivity contribution is 0.410. The molecule has 0 spiro atoms. The summed E-state index contributed by atoms with van der Waals surface area (Å²) in [5.41, 5.74) is 10.0. The van der Waals surface area contributed by atoms with Crippen LogP contribution in [0.5, 0.6) is 0 Å². The van der Waals surface area contributed by atoms with E-state index in [1.807, 2.05) is 30.3 Å². The number of aryl methyl sites for hydroxylation is 1. The molecule has 180 valence electrons. The molecule has 2 aromatic carbocycles. The number of anilines is 1. The highest BCUT2D eigenvalue weighted by Crippen LogP contribution is 2.33. The lowest BCUT2D eigenvalue weighted by Gasteiger charge is -2.27. The van der Waals surface area contributed by atoms with Gasteiger partial charge in [-0.05, 0) is 42.5 Å². The average molecular weight is 470 g/mol. The van der Waals surface area contributed by atoms with Gasteiger partial charge in [-0.1, -0.05) is 49.9 Å². The van der Waals surface area contributed by atoms with Crippen molar-refractivity contribution in [1.82, 2.24) is 35.2 Å². The molecule has 0 amide bonds. The molecule has 0 unspecified atom stereocenters. The number of aromatic amines is 1. The van der Waals surface area contributed by atoms with Gasteiger partial charge in [-0.25, -0.2) is 9.97 Å².